The van der Waals surface area contributed by atoms with Gasteiger partial charge in [-0.15, -0.1) is 0 Å². The molecule has 1 aliphatic carbocycles. The van der Waals surface area contributed by atoms with Gasteiger partial charge in [-0.1, -0.05) is 57.6 Å². The summed E-state index contributed by atoms with van der Waals surface area (Å²) in [5.74, 6) is 0. The number of allylic oxidation sites excluding steroid dienone is 1. The van der Waals surface area contributed by atoms with Crippen LogP contribution in [0.3, 0.4) is 0 Å². The highest BCUT2D eigenvalue weighted by Crippen LogP contribution is 2.22. The minimum atomic E-state index is 0.671. The Morgan fingerprint density at radius 3 is 2.71 bits per heavy atom. The molecule has 0 aromatic rings. The van der Waals surface area contributed by atoms with Gasteiger partial charge < -0.3 is 5.32 Å². The van der Waals surface area contributed by atoms with Crippen molar-refractivity contribution >= 4 is 0 Å². The SMILES string of the molecule is CCCCCC(NCC)C1=CCCCCCC1. The summed E-state index contributed by atoms with van der Waals surface area (Å²) in [6.07, 6.45) is 16.3. The fraction of sp³-hybridized carbons (Fsp3) is 0.875. The fourth-order valence-electron chi connectivity index (χ4n) is 2.80. The largest absolute Gasteiger partial charge is 0.311 e. The fourth-order valence-corrected chi connectivity index (χ4v) is 2.80. The lowest BCUT2D eigenvalue weighted by Gasteiger charge is -2.23. The van der Waals surface area contributed by atoms with Gasteiger partial charge in [0.1, 0.15) is 0 Å². The number of rotatable bonds is 7. The highest BCUT2D eigenvalue weighted by atomic mass is 14.9. The Bertz CT molecular complexity index is 208. The van der Waals surface area contributed by atoms with Gasteiger partial charge >= 0.3 is 0 Å². The van der Waals surface area contributed by atoms with Crippen LogP contribution in [0.15, 0.2) is 11.6 Å². The van der Waals surface area contributed by atoms with Crippen molar-refractivity contribution in [3.8, 4) is 0 Å². The first-order chi connectivity index (χ1) is 8.38. The van der Waals surface area contributed by atoms with Gasteiger partial charge in [-0.2, -0.15) is 0 Å². The predicted octanol–water partition coefficient (Wildman–Crippen LogP) is 4.83. The molecule has 1 aliphatic rings. The zero-order valence-electron chi connectivity index (χ0n) is 11.9. The average molecular weight is 237 g/mol. The number of unbranched alkanes of at least 4 members (excludes halogenated alkanes) is 2. The van der Waals surface area contributed by atoms with Crippen LogP contribution in [0, 0.1) is 0 Å². The maximum Gasteiger partial charge on any atom is 0.0279 e. The van der Waals surface area contributed by atoms with Crippen molar-refractivity contribution in [2.75, 3.05) is 6.54 Å². The summed E-state index contributed by atoms with van der Waals surface area (Å²) in [5.41, 5.74) is 1.71. The lowest BCUT2D eigenvalue weighted by molar-refractivity contribution is 0.490. The molecular weight excluding hydrogens is 206 g/mol. The third-order valence-electron chi connectivity index (χ3n) is 3.82. The van der Waals surface area contributed by atoms with Crippen molar-refractivity contribution in [3.05, 3.63) is 11.6 Å². The molecule has 0 aromatic carbocycles. The van der Waals surface area contributed by atoms with Crippen LogP contribution in [0.2, 0.25) is 0 Å². The lowest BCUT2D eigenvalue weighted by atomic mass is 9.92. The van der Waals surface area contributed by atoms with Crippen LogP contribution in [0.1, 0.15) is 78.1 Å². The average Bonchev–Trinajstić information content (AvgIpc) is 2.28. The van der Waals surface area contributed by atoms with Crippen molar-refractivity contribution in [2.45, 2.75) is 84.1 Å². The van der Waals surface area contributed by atoms with E-state index in [9.17, 15) is 0 Å². The Morgan fingerprint density at radius 1 is 1.12 bits per heavy atom. The first-order valence-corrected chi connectivity index (χ1v) is 7.80. The highest BCUT2D eigenvalue weighted by molar-refractivity contribution is 5.11. The maximum absolute atomic E-state index is 3.69. The number of hydrogen-bond acceptors (Lipinski definition) is 1. The zero-order valence-corrected chi connectivity index (χ0v) is 11.9. The number of likely N-dealkylation sites (N-methyl/N-ethyl adjacent to an activating group) is 1. The first-order valence-electron chi connectivity index (χ1n) is 7.80. The van der Waals surface area contributed by atoms with Crippen molar-refractivity contribution in [2.24, 2.45) is 0 Å². The van der Waals surface area contributed by atoms with Gasteiger partial charge in [0, 0.05) is 6.04 Å². The van der Waals surface area contributed by atoms with Crippen molar-refractivity contribution in [1.82, 2.24) is 5.32 Å². The lowest BCUT2D eigenvalue weighted by Crippen LogP contribution is -2.31. The van der Waals surface area contributed by atoms with Gasteiger partial charge in [-0.25, -0.2) is 0 Å². The molecule has 1 nitrogen and oxygen atoms in total. The van der Waals surface area contributed by atoms with Crippen LogP contribution >= 0.6 is 0 Å². The molecule has 0 fully saturated rings. The molecule has 0 saturated carbocycles. The summed E-state index contributed by atoms with van der Waals surface area (Å²) in [6.45, 7) is 5.63. The number of hydrogen-bond donors (Lipinski definition) is 1. The summed E-state index contributed by atoms with van der Waals surface area (Å²) in [7, 11) is 0. The van der Waals surface area contributed by atoms with E-state index >= 15 is 0 Å². The Kier molecular flexibility index (Phi) is 8.42. The molecule has 100 valence electrons. The molecule has 0 aromatic heterocycles. The molecule has 1 unspecified atom stereocenters. The van der Waals surface area contributed by atoms with Gasteiger partial charge in [-0.05, 0) is 38.6 Å². The van der Waals surface area contributed by atoms with Crippen LogP contribution in [0.4, 0.5) is 0 Å². The summed E-state index contributed by atoms with van der Waals surface area (Å²) in [4.78, 5) is 0. The Labute approximate surface area is 108 Å². The normalized spacial score (nSPS) is 19.3. The summed E-state index contributed by atoms with van der Waals surface area (Å²) in [6, 6.07) is 0.671. The number of nitrogens with one attached hydrogen (secondary N) is 1. The first kappa shape index (κ1) is 14.8. The molecule has 0 bridgehead atoms. The molecule has 0 amide bonds. The molecule has 1 atom stereocenters. The van der Waals surface area contributed by atoms with Gasteiger partial charge in [0.15, 0.2) is 0 Å². The van der Waals surface area contributed by atoms with E-state index in [0.717, 1.165) is 6.54 Å². The second-order valence-electron chi connectivity index (χ2n) is 5.34. The smallest absolute Gasteiger partial charge is 0.0279 e. The second-order valence-corrected chi connectivity index (χ2v) is 5.34. The molecule has 1 heteroatoms. The van der Waals surface area contributed by atoms with Gasteiger partial charge in [0.25, 0.3) is 0 Å². The monoisotopic (exact) mass is 237 g/mol. The molecule has 0 aliphatic heterocycles. The molecule has 0 radical (unpaired) electrons. The van der Waals surface area contributed by atoms with Crippen molar-refractivity contribution in [3.63, 3.8) is 0 Å². The van der Waals surface area contributed by atoms with E-state index in [-0.39, 0.29) is 0 Å². The summed E-state index contributed by atoms with van der Waals surface area (Å²) in [5, 5.41) is 3.69. The minimum Gasteiger partial charge on any atom is -0.311 e. The predicted molar refractivity (Wildman–Crippen MR) is 77.4 cm³/mol. The zero-order chi connectivity index (χ0) is 12.3. The van der Waals surface area contributed by atoms with Crippen LogP contribution in [0.5, 0.6) is 0 Å². The molecule has 1 N–H and O–H groups in total. The van der Waals surface area contributed by atoms with Crippen molar-refractivity contribution in [1.29, 1.82) is 0 Å². The van der Waals surface area contributed by atoms with Crippen molar-refractivity contribution < 1.29 is 0 Å². The summed E-state index contributed by atoms with van der Waals surface area (Å²) < 4.78 is 0. The standard InChI is InChI=1S/C16H31N/c1-3-5-9-14-16(17-4-2)15-12-10-7-6-8-11-13-15/h12,16-17H,3-11,13-14H2,1-2H3. The summed E-state index contributed by atoms with van der Waals surface area (Å²) >= 11 is 0. The van der Waals surface area contributed by atoms with E-state index in [2.05, 4.69) is 25.2 Å². The van der Waals surface area contributed by atoms with Crippen LogP contribution in [-0.2, 0) is 0 Å². The van der Waals surface area contributed by atoms with E-state index in [1.807, 2.05) is 0 Å². The molecular formula is C16H31N. The van der Waals surface area contributed by atoms with Gasteiger partial charge in [-0.3, -0.25) is 0 Å². The Hall–Kier alpha value is -0.300. The minimum absolute atomic E-state index is 0.671. The molecule has 1 rings (SSSR count). The topological polar surface area (TPSA) is 12.0 Å². The van der Waals surface area contributed by atoms with Crippen LogP contribution < -0.4 is 5.32 Å². The van der Waals surface area contributed by atoms with E-state index in [1.54, 1.807) is 5.57 Å². The van der Waals surface area contributed by atoms with Gasteiger partial charge in [0.2, 0.25) is 0 Å². The Balaban J connectivity index is 2.46. The third kappa shape index (κ3) is 6.26. The molecule has 0 saturated heterocycles. The molecule has 0 spiro atoms. The quantitative estimate of drug-likeness (QED) is 0.494. The third-order valence-corrected chi connectivity index (χ3v) is 3.82. The van der Waals surface area contributed by atoms with E-state index < -0.39 is 0 Å². The van der Waals surface area contributed by atoms with E-state index in [4.69, 9.17) is 0 Å². The second kappa shape index (κ2) is 9.70. The van der Waals surface area contributed by atoms with Crippen LogP contribution in [0.25, 0.3) is 0 Å². The highest BCUT2D eigenvalue weighted by Gasteiger charge is 2.13. The van der Waals surface area contributed by atoms with Crippen LogP contribution in [-0.4, -0.2) is 12.6 Å². The molecule has 17 heavy (non-hydrogen) atoms. The Morgan fingerprint density at radius 2 is 1.94 bits per heavy atom. The van der Waals surface area contributed by atoms with E-state index in [1.165, 1.54) is 64.2 Å². The molecule has 0 heterocycles. The van der Waals surface area contributed by atoms with Gasteiger partial charge in [0.05, 0.1) is 0 Å². The maximum atomic E-state index is 3.69. The van der Waals surface area contributed by atoms with E-state index in [0.29, 0.717) is 6.04 Å².